The maximum Gasteiger partial charge on any atom is 0.331 e. The average molecular weight is 1030 g/mol. The summed E-state index contributed by atoms with van der Waals surface area (Å²) >= 11 is 5.72. The second-order valence-electron chi connectivity index (χ2n) is 21.6. The molecule has 2 aromatic carbocycles. The molecular formula is C58H74ClN7O8. The highest BCUT2D eigenvalue weighted by Gasteiger charge is 2.40. The van der Waals surface area contributed by atoms with Gasteiger partial charge >= 0.3 is 5.97 Å². The third-order valence-electron chi connectivity index (χ3n) is 15.7. The standard InChI is InChI=1S/C58H74ClN7O8/c1-58(2,74-52(68)19-18-50-61-48(56(70)63(50)3)35-39-31-42-11-8-23-64-24-9-12-43(32-39)53(42)64)37-45-20-26-65-25-10-13-44-33-40(34-47(45)54(44)65)36-49-57(71)66(51(38-67)62-49)46-16-14-41(15-17-46)55(69)60-22-28-73-30-29-72-27-7-5-4-6-21-59/h18-19,31-36,38,41,45-46H,4-17,20-30,37H2,1-3H3,(H,60,69)/b19-18+,48-35-,49-36-. The second kappa shape index (κ2) is 24.4. The Morgan fingerprint density at radius 3 is 2.03 bits per heavy atom. The molecule has 9 rings (SSSR count). The van der Waals surface area contributed by atoms with Crippen molar-refractivity contribution in [2.24, 2.45) is 15.9 Å². The maximum atomic E-state index is 14.1. The molecule has 15 nitrogen and oxygen atoms in total. The number of amidine groups is 2. The Morgan fingerprint density at radius 2 is 1.35 bits per heavy atom. The number of nitrogens with one attached hydrogen (secondary N) is 1. The van der Waals surface area contributed by atoms with Crippen molar-refractivity contribution in [3.63, 3.8) is 0 Å². The normalized spacial score (nSPS) is 22.6. The van der Waals surface area contributed by atoms with Gasteiger partial charge in [0.05, 0.1) is 19.8 Å². The molecule has 0 bridgehead atoms. The molecule has 7 aliphatic rings. The molecule has 0 spiro atoms. The van der Waals surface area contributed by atoms with Crippen molar-refractivity contribution < 1.29 is 38.2 Å². The van der Waals surface area contributed by atoms with Crippen molar-refractivity contribution in [2.45, 2.75) is 134 Å². The first-order valence-corrected chi connectivity index (χ1v) is 27.8. The highest BCUT2D eigenvalue weighted by Crippen LogP contribution is 2.45. The molecule has 1 N–H and O–H groups in total. The summed E-state index contributed by atoms with van der Waals surface area (Å²) in [6, 6.07) is 8.43. The minimum atomic E-state index is -0.838. The molecule has 74 heavy (non-hydrogen) atoms. The molecule has 1 fully saturated rings. The van der Waals surface area contributed by atoms with Crippen LogP contribution in [0.15, 0.2) is 57.8 Å². The molecule has 0 aromatic heterocycles. The molecular weight excluding hydrogens is 958 g/mol. The van der Waals surface area contributed by atoms with Crippen LogP contribution in [0.2, 0.25) is 0 Å². The molecule has 6 heterocycles. The molecule has 1 saturated carbocycles. The molecule has 0 saturated heterocycles. The molecule has 16 heteroatoms. The van der Waals surface area contributed by atoms with Crippen LogP contribution in [0.5, 0.6) is 0 Å². The minimum absolute atomic E-state index is 0.0188. The number of halogens is 1. The Hall–Kier alpha value is -5.64. The first-order valence-electron chi connectivity index (χ1n) is 27.3. The fourth-order valence-corrected chi connectivity index (χ4v) is 12.4. The van der Waals surface area contributed by atoms with Gasteiger partial charge in [-0.05, 0) is 186 Å². The van der Waals surface area contributed by atoms with E-state index in [1.54, 1.807) is 19.2 Å². The number of hydrogen-bond donors (Lipinski definition) is 1. The summed E-state index contributed by atoms with van der Waals surface area (Å²) in [4.78, 5) is 83.6. The Labute approximate surface area is 441 Å². The van der Waals surface area contributed by atoms with Crippen molar-refractivity contribution in [3.8, 4) is 0 Å². The number of aliphatic imine (C=N–C) groups is 2. The van der Waals surface area contributed by atoms with Crippen LogP contribution in [0.1, 0.15) is 137 Å². The molecule has 0 radical (unpaired) electrons. The summed E-state index contributed by atoms with van der Waals surface area (Å²) in [5, 5.41) is 3.00. The highest BCUT2D eigenvalue weighted by atomic mass is 35.5. The fourth-order valence-electron chi connectivity index (χ4n) is 12.2. The number of amides is 3. The number of anilines is 2. The lowest BCUT2D eigenvalue weighted by atomic mass is 9.78. The lowest BCUT2D eigenvalue weighted by Gasteiger charge is -2.42. The van der Waals surface area contributed by atoms with Crippen LogP contribution in [0.3, 0.4) is 0 Å². The van der Waals surface area contributed by atoms with E-state index in [-0.39, 0.29) is 47.1 Å². The molecule has 1 atom stereocenters. The van der Waals surface area contributed by atoms with E-state index >= 15 is 0 Å². The molecule has 1 aliphatic carbocycles. The predicted octanol–water partition coefficient (Wildman–Crippen LogP) is 8.09. The number of carbonyl (C=O) groups excluding carboxylic acids is 5. The van der Waals surface area contributed by atoms with Gasteiger partial charge in [-0.3, -0.25) is 29.0 Å². The average Bonchev–Trinajstić information content (AvgIpc) is 3.85. The van der Waals surface area contributed by atoms with Gasteiger partial charge in [0.25, 0.3) is 11.8 Å². The van der Waals surface area contributed by atoms with Crippen LogP contribution in [0, 0.1) is 5.92 Å². The van der Waals surface area contributed by atoms with Gasteiger partial charge in [0.2, 0.25) is 5.91 Å². The Morgan fingerprint density at radius 1 is 0.743 bits per heavy atom. The number of likely N-dealkylation sites (N-methyl/N-ethyl adjacent to an activating group) is 1. The first kappa shape index (κ1) is 53.2. The molecule has 6 aliphatic heterocycles. The van der Waals surface area contributed by atoms with Gasteiger partial charge in [-0.2, -0.15) is 0 Å². The number of carbonyl (C=O) groups is 5. The summed E-state index contributed by atoms with van der Waals surface area (Å²) in [7, 11) is 1.67. The number of nitrogens with zero attached hydrogens (tertiary/aromatic N) is 6. The predicted molar refractivity (Wildman–Crippen MR) is 290 cm³/mol. The highest BCUT2D eigenvalue weighted by molar-refractivity contribution is 6.36. The fraction of sp³-hybridized carbons (Fsp3) is 0.569. The lowest BCUT2D eigenvalue weighted by molar-refractivity contribution is -0.151. The molecule has 3 amide bonds. The summed E-state index contributed by atoms with van der Waals surface area (Å²) < 4.78 is 17.4. The maximum absolute atomic E-state index is 14.1. The number of rotatable bonds is 22. The largest absolute Gasteiger partial charge is 0.456 e. The molecule has 1 unspecified atom stereocenters. The SMILES string of the molecule is CN1C(=O)/C(=C/c2cc3c4c(c2)CCCN4CCC3)N=C1/C=C/C(=O)OC(C)(C)CC1CCN2CCCc3cc(/C=C4\N=C(C=O)N(C5CCC(C(=O)NCCOCCOCCCCCCCl)CC5)C4=O)cc1c32. The van der Waals surface area contributed by atoms with Crippen molar-refractivity contribution in [3.05, 3.63) is 81.2 Å². The van der Waals surface area contributed by atoms with Crippen LogP contribution in [-0.4, -0.2) is 135 Å². The van der Waals surface area contributed by atoms with E-state index in [2.05, 4.69) is 49.4 Å². The Kier molecular flexibility index (Phi) is 17.5. The number of aldehydes is 1. The van der Waals surface area contributed by atoms with E-state index in [0.717, 1.165) is 113 Å². The minimum Gasteiger partial charge on any atom is -0.456 e. The van der Waals surface area contributed by atoms with E-state index < -0.39 is 11.6 Å². The summed E-state index contributed by atoms with van der Waals surface area (Å²) in [5.74, 6) is 0.00676. The van der Waals surface area contributed by atoms with Gasteiger partial charge in [0.1, 0.15) is 22.8 Å². The van der Waals surface area contributed by atoms with Crippen LogP contribution in [0.4, 0.5) is 11.4 Å². The molecule has 2 aromatic rings. The van der Waals surface area contributed by atoms with Gasteiger partial charge in [0.15, 0.2) is 12.1 Å². The van der Waals surface area contributed by atoms with E-state index in [0.29, 0.717) is 88.8 Å². The Bertz CT molecular complexity index is 2580. The Balaban J connectivity index is 0.793. The quantitative estimate of drug-likeness (QED) is 0.0401. The zero-order chi connectivity index (χ0) is 51.8. The summed E-state index contributed by atoms with van der Waals surface area (Å²) in [6.45, 7) is 10.5. The van der Waals surface area contributed by atoms with Crippen LogP contribution in [-0.2, 0) is 57.4 Å². The van der Waals surface area contributed by atoms with Crippen molar-refractivity contribution >= 4 is 76.8 Å². The zero-order valence-corrected chi connectivity index (χ0v) is 44.4. The van der Waals surface area contributed by atoms with Crippen molar-refractivity contribution in [2.75, 3.05) is 81.9 Å². The number of hydrogen-bond acceptors (Lipinski definition) is 12. The molecule has 396 valence electrons. The van der Waals surface area contributed by atoms with E-state index in [1.807, 2.05) is 19.9 Å². The van der Waals surface area contributed by atoms with E-state index in [4.69, 9.17) is 25.8 Å². The van der Waals surface area contributed by atoms with Gasteiger partial charge in [0, 0.05) is 81.7 Å². The smallest absolute Gasteiger partial charge is 0.331 e. The monoisotopic (exact) mass is 1030 g/mol. The van der Waals surface area contributed by atoms with Gasteiger partial charge < -0.3 is 29.3 Å². The number of ether oxygens (including phenoxy) is 3. The van der Waals surface area contributed by atoms with Crippen molar-refractivity contribution in [1.29, 1.82) is 0 Å². The number of unbranched alkanes of at least 4 members (excludes halogenated alkanes) is 3. The van der Waals surface area contributed by atoms with Crippen LogP contribution in [0.25, 0.3) is 12.2 Å². The second-order valence-corrected chi connectivity index (χ2v) is 22.0. The number of alkyl halides is 1. The number of esters is 1. The van der Waals surface area contributed by atoms with Crippen LogP contribution >= 0.6 is 11.6 Å². The topological polar surface area (TPSA) is 163 Å². The summed E-state index contributed by atoms with van der Waals surface area (Å²) in [6.07, 6.45) is 21.5. The van der Waals surface area contributed by atoms with Crippen LogP contribution < -0.4 is 15.1 Å². The lowest BCUT2D eigenvalue weighted by Crippen LogP contribution is -2.45. The van der Waals surface area contributed by atoms with Gasteiger partial charge in [-0.1, -0.05) is 12.8 Å². The van der Waals surface area contributed by atoms with Crippen molar-refractivity contribution in [1.82, 2.24) is 15.1 Å². The summed E-state index contributed by atoms with van der Waals surface area (Å²) in [5.41, 5.74) is 9.18. The zero-order valence-electron chi connectivity index (χ0n) is 43.6. The number of aryl methyl sites for hydroxylation is 3. The van der Waals surface area contributed by atoms with Gasteiger partial charge in [-0.25, -0.2) is 14.8 Å². The van der Waals surface area contributed by atoms with E-state index in [1.165, 1.54) is 43.9 Å². The third kappa shape index (κ3) is 12.5. The van der Waals surface area contributed by atoms with E-state index in [9.17, 15) is 24.0 Å². The third-order valence-corrected chi connectivity index (χ3v) is 16.0. The van der Waals surface area contributed by atoms with Gasteiger partial charge in [-0.15, -0.1) is 11.6 Å². The first-order chi connectivity index (χ1) is 35.9. The number of benzene rings is 2.